The first-order valence-corrected chi connectivity index (χ1v) is 7.16. The fourth-order valence-electron chi connectivity index (χ4n) is 1.81. The Morgan fingerprint density at radius 3 is 3.05 bits per heavy atom. The Labute approximate surface area is 120 Å². The zero-order valence-corrected chi connectivity index (χ0v) is 11.8. The summed E-state index contributed by atoms with van der Waals surface area (Å²) >= 11 is 1.73. The molecule has 0 aliphatic heterocycles. The lowest BCUT2D eigenvalue weighted by Crippen LogP contribution is -2.05. The maximum atomic E-state index is 4.35. The van der Waals surface area contributed by atoms with E-state index in [9.17, 15) is 0 Å². The summed E-state index contributed by atoms with van der Waals surface area (Å²) in [6, 6.07) is 3.87. The molecule has 0 unspecified atom stereocenters. The number of hydrogen-bond acceptors (Lipinski definition) is 6. The number of pyridine rings is 1. The van der Waals surface area contributed by atoms with E-state index in [4.69, 9.17) is 0 Å². The van der Waals surface area contributed by atoms with Crippen LogP contribution in [0, 0.1) is 0 Å². The van der Waals surface area contributed by atoms with Crippen LogP contribution in [-0.2, 0) is 13.0 Å². The van der Waals surface area contributed by atoms with Crippen molar-refractivity contribution in [2.75, 3.05) is 5.32 Å². The normalized spacial score (nSPS) is 10.7. The molecule has 7 heteroatoms. The van der Waals surface area contributed by atoms with Gasteiger partial charge in [0.1, 0.15) is 12.7 Å². The minimum absolute atomic E-state index is 0.727. The molecule has 0 saturated heterocycles. The Kier molecular flexibility index (Phi) is 3.69. The number of hydrogen-bond donors (Lipinski definition) is 1. The first-order valence-electron chi connectivity index (χ1n) is 6.34. The maximum absolute atomic E-state index is 4.35. The second-order valence-electron chi connectivity index (χ2n) is 4.14. The van der Waals surface area contributed by atoms with Gasteiger partial charge in [-0.15, -0.1) is 11.3 Å². The molecule has 3 rings (SSSR count). The predicted molar refractivity (Wildman–Crippen MR) is 78.0 cm³/mol. The largest absolute Gasteiger partial charge is 0.377 e. The lowest BCUT2D eigenvalue weighted by Gasteiger charge is -2.09. The summed E-state index contributed by atoms with van der Waals surface area (Å²) in [5.41, 5.74) is 0.921. The van der Waals surface area contributed by atoms with Crippen molar-refractivity contribution in [3.8, 4) is 5.82 Å². The molecule has 0 radical (unpaired) electrons. The third kappa shape index (κ3) is 2.67. The Balaban J connectivity index is 1.77. The van der Waals surface area contributed by atoms with Gasteiger partial charge in [0, 0.05) is 17.3 Å². The van der Waals surface area contributed by atoms with Gasteiger partial charge in [0.05, 0.1) is 17.2 Å². The Morgan fingerprint density at radius 1 is 1.35 bits per heavy atom. The van der Waals surface area contributed by atoms with E-state index in [0.29, 0.717) is 0 Å². The van der Waals surface area contributed by atoms with Gasteiger partial charge in [0.25, 0.3) is 0 Å². The molecular formula is C13H14N6S. The van der Waals surface area contributed by atoms with Gasteiger partial charge in [0.2, 0.25) is 0 Å². The van der Waals surface area contributed by atoms with Gasteiger partial charge in [-0.3, -0.25) is 0 Å². The highest BCUT2D eigenvalue weighted by Crippen LogP contribution is 2.19. The van der Waals surface area contributed by atoms with Gasteiger partial charge in [-0.05, 0) is 18.6 Å². The van der Waals surface area contributed by atoms with Crippen LogP contribution in [0.1, 0.15) is 16.8 Å². The minimum Gasteiger partial charge on any atom is -0.377 e. The molecule has 0 bridgehead atoms. The fraction of sp³-hybridized carbons (Fsp3) is 0.231. The third-order valence-corrected chi connectivity index (χ3v) is 3.92. The third-order valence-electron chi connectivity index (χ3n) is 2.78. The second kappa shape index (κ2) is 5.79. The predicted octanol–water partition coefficient (Wildman–Crippen LogP) is 2.29. The number of rotatable bonds is 5. The van der Waals surface area contributed by atoms with E-state index in [-0.39, 0.29) is 0 Å². The van der Waals surface area contributed by atoms with Gasteiger partial charge >= 0.3 is 0 Å². The topological polar surface area (TPSA) is 68.5 Å². The van der Waals surface area contributed by atoms with E-state index in [1.165, 1.54) is 11.2 Å². The number of aromatic nitrogens is 5. The lowest BCUT2D eigenvalue weighted by molar-refractivity contribution is 0.845. The van der Waals surface area contributed by atoms with E-state index >= 15 is 0 Å². The van der Waals surface area contributed by atoms with Crippen molar-refractivity contribution in [3.05, 3.63) is 47.1 Å². The van der Waals surface area contributed by atoms with Crippen LogP contribution in [0.2, 0.25) is 0 Å². The molecule has 0 atom stereocenters. The van der Waals surface area contributed by atoms with Crippen molar-refractivity contribution in [2.45, 2.75) is 19.9 Å². The second-order valence-corrected chi connectivity index (χ2v) is 5.34. The van der Waals surface area contributed by atoms with Crippen LogP contribution < -0.4 is 5.32 Å². The number of anilines is 1. The van der Waals surface area contributed by atoms with Gasteiger partial charge in [-0.2, -0.15) is 5.10 Å². The number of nitrogens with one attached hydrogen (secondary N) is 1. The molecule has 0 amide bonds. The average Bonchev–Trinajstić information content (AvgIpc) is 3.17. The average molecular weight is 286 g/mol. The van der Waals surface area contributed by atoms with Crippen LogP contribution in [0.4, 0.5) is 5.69 Å². The molecule has 1 N–H and O–H groups in total. The van der Waals surface area contributed by atoms with Crippen molar-refractivity contribution >= 4 is 17.0 Å². The van der Waals surface area contributed by atoms with Crippen LogP contribution in [0.3, 0.4) is 0 Å². The highest BCUT2D eigenvalue weighted by molar-refractivity contribution is 7.11. The SMILES string of the molecule is CCc1ncc(CNc2cccnc2-n2cncn2)s1. The molecule has 102 valence electrons. The summed E-state index contributed by atoms with van der Waals surface area (Å²) < 4.78 is 1.65. The molecule has 0 spiro atoms. The molecule has 0 saturated carbocycles. The highest BCUT2D eigenvalue weighted by Gasteiger charge is 2.07. The summed E-state index contributed by atoms with van der Waals surface area (Å²) in [7, 11) is 0. The van der Waals surface area contributed by atoms with Crippen molar-refractivity contribution in [2.24, 2.45) is 0 Å². The molecule has 0 aliphatic rings. The van der Waals surface area contributed by atoms with Crippen molar-refractivity contribution < 1.29 is 0 Å². The summed E-state index contributed by atoms with van der Waals surface area (Å²) in [4.78, 5) is 13.8. The van der Waals surface area contributed by atoms with Crippen LogP contribution in [0.25, 0.3) is 5.82 Å². The van der Waals surface area contributed by atoms with E-state index in [2.05, 4.69) is 32.3 Å². The zero-order chi connectivity index (χ0) is 13.8. The molecular weight excluding hydrogens is 272 g/mol. The number of nitrogens with zero attached hydrogens (tertiary/aromatic N) is 5. The molecule has 0 aliphatic carbocycles. The quantitative estimate of drug-likeness (QED) is 0.779. The minimum atomic E-state index is 0.727. The van der Waals surface area contributed by atoms with Gasteiger partial charge in [-0.25, -0.2) is 19.6 Å². The van der Waals surface area contributed by atoms with E-state index < -0.39 is 0 Å². The van der Waals surface area contributed by atoms with Crippen molar-refractivity contribution in [1.29, 1.82) is 0 Å². The van der Waals surface area contributed by atoms with Gasteiger partial charge in [-0.1, -0.05) is 6.92 Å². The Morgan fingerprint density at radius 2 is 2.30 bits per heavy atom. The smallest absolute Gasteiger partial charge is 0.178 e. The van der Waals surface area contributed by atoms with Crippen LogP contribution in [0.5, 0.6) is 0 Å². The van der Waals surface area contributed by atoms with E-state index in [0.717, 1.165) is 29.5 Å². The van der Waals surface area contributed by atoms with Crippen LogP contribution in [-0.4, -0.2) is 24.7 Å². The lowest BCUT2D eigenvalue weighted by atomic mass is 10.3. The highest BCUT2D eigenvalue weighted by atomic mass is 32.1. The molecule has 3 aromatic heterocycles. The molecule has 0 aromatic carbocycles. The van der Waals surface area contributed by atoms with E-state index in [1.54, 1.807) is 28.5 Å². The Bertz CT molecular complexity index is 676. The van der Waals surface area contributed by atoms with Crippen molar-refractivity contribution in [3.63, 3.8) is 0 Å². The zero-order valence-electron chi connectivity index (χ0n) is 11.0. The standard InChI is InChI=1S/C13H14N6S/c1-2-12-17-7-10(20-12)6-16-11-4-3-5-15-13(11)19-9-14-8-18-19/h3-5,7-9,16H,2,6H2,1H3. The molecule has 0 fully saturated rings. The molecule has 6 nitrogen and oxygen atoms in total. The van der Waals surface area contributed by atoms with Crippen LogP contribution >= 0.6 is 11.3 Å². The fourth-order valence-corrected chi connectivity index (χ4v) is 2.61. The van der Waals surface area contributed by atoms with Gasteiger partial charge < -0.3 is 5.32 Å². The molecule has 3 heterocycles. The van der Waals surface area contributed by atoms with Crippen molar-refractivity contribution in [1.82, 2.24) is 24.7 Å². The number of thiazole rings is 1. The van der Waals surface area contributed by atoms with Crippen LogP contribution in [0.15, 0.2) is 37.2 Å². The molecule has 3 aromatic rings. The van der Waals surface area contributed by atoms with Gasteiger partial charge in [0.15, 0.2) is 5.82 Å². The Hall–Kier alpha value is -2.28. The monoisotopic (exact) mass is 286 g/mol. The first-order chi connectivity index (χ1) is 9.86. The summed E-state index contributed by atoms with van der Waals surface area (Å²) in [6.07, 6.45) is 7.76. The summed E-state index contributed by atoms with van der Waals surface area (Å²) in [5.74, 6) is 0.741. The summed E-state index contributed by atoms with van der Waals surface area (Å²) in [5, 5.41) is 8.64. The van der Waals surface area contributed by atoms with E-state index in [1.807, 2.05) is 18.3 Å². The molecule has 20 heavy (non-hydrogen) atoms. The number of aryl methyl sites for hydroxylation is 1. The first kappa shape index (κ1) is 12.7. The maximum Gasteiger partial charge on any atom is 0.178 e. The summed E-state index contributed by atoms with van der Waals surface area (Å²) in [6.45, 7) is 2.84.